The van der Waals surface area contributed by atoms with E-state index in [1.165, 1.54) is 26.4 Å². The average Bonchev–Trinajstić information content (AvgIpc) is 2.93. The molecule has 3 N–H and O–H groups in total. The highest BCUT2D eigenvalue weighted by Gasteiger charge is 2.32. The maximum absolute atomic E-state index is 12.9. The zero-order valence-corrected chi connectivity index (χ0v) is 25.9. The van der Waals surface area contributed by atoms with Crippen LogP contribution in [0.2, 0.25) is 0 Å². The van der Waals surface area contributed by atoms with E-state index >= 15 is 0 Å². The Bertz CT molecular complexity index is 1160. The Balaban J connectivity index is 2.70. The van der Waals surface area contributed by atoms with Crippen LogP contribution in [-0.2, 0) is 28.6 Å². The third kappa shape index (κ3) is 13.4. The lowest BCUT2D eigenvalue weighted by atomic mass is 9.86. The van der Waals surface area contributed by atoms with Crippen LogP contribution in [0.25, 0.3) is 0 Å². The Morgan fingerprint density at radius 3 is 2.50 bits per heavy atom. The Morgan fingerprint density at radius 1 is 1.21 bits per heavy atom. The van der Waals surface area contributed by atoms with Gasteiger partial charge < -0.3 is 30.2 Å². The predicted molar refractivity (Wildman–Crippen MR) is 161 cm³/mol. The lowest BCUT2D eigenvalue weighted by Gasteiger charge is -2.29. The first-order valence-electron chi connectivity index (χ1n) is 13.8. The monoisotopic (exact) mass is 583 g/mol. The highest BCUT2D eigenvalue weighted by atomic mass is 16.6. The molecular weight excluding hydrogens is 538 g/mol. The van der Waals surface area contributed by atoms with E-state index in [9.17, 15) is 19.2 Å². The molecule has 0 bridgehead atoms. The first kappa shape index (κ1) is 35.8. The molecule has 1 aliphatic heterocycles. The van der Waals surface area contributed by atoms with E-state index in [1.807, 2.05) is 46.8 Å². The number of ether oxygens (including phenoxy) is 3. The van der Waals surface area contributed by atoms with Crippen molar-refractivity contribution in [3.63, 3.8) is 0 Å². The van der Waals surface area contributed by atoms with Crippen LogP contribution < -0.4 is 16.0 Å². The molecule has 0 fully saturated rings. The van der Waals surface area contributed by atoms with Crippen molar-refractivity contribution in [1.29, 1.82) is 0 Å². The maximum atomic E-state index is 12.9. The molecule has 10 nitrogen and oxygen atoms in total. The van der Waals surface area contributed by atoms with Crippen LogP contribution >= 0.6 is 0 Å². The fourth-order valence-corrected chi connectivity index (χ4v) is 3.88. The zero-order chi connectivity index (χ0) is 31.7. The van der Waals surface area contributed by atoms with Gasteiger partial charge in [0, 0.05) is 38.3 Å². The van der Waals surface area contributed by atoms with Gasteiger partial charge >= 0.3 is 12.1 Å². The molecule has 0 aromatic heterocycles. The van der Waals surface area contributed by atoms with Gasteiger partial charge in [-0.05, 0) is 31.5 Å². The van der Waals surface area contributed by atoms with Gasteiger partial charge in [-0.15, -0.1) is 5.92 Å². The Morgan fingerprint density at radius 2 is 1.90 bits per heavy atom. The Labute approximate surface area is 249 Å². The van der Waals surface area contributed by atoms with Crippen molar-refractivity contribution in [3.05, 3.63) is 60.1 Å². The first-order chi connectivity index (χ1) is 19.8. The molecule has 0 aromatic carbocycles. The largest absolute Gasteiger partial charge is 0.490 e. The number of esters is 1. The molecule has 1 rings (SSSR count). The summed E-state index contributed by atoms with van der Waals surface area (Å²) in [5.41, 5.74) is 0.379. The number of hydrogen-bond acceptors (Lipinski definition) is 7. The lowest BCUT2D eigenvalue weighted by Crippen LogP contribution is -2.52. The van der Waals surface area contributed by atoms with Crippen molar-refractivity contribution in [2.75, 3.05) is 14.2 Å². The topological polar surface area (TPSA) is 132 Å². The van der Waals surface area contributed by atoms with Crippen LogP contribution in [0.15, 0.2) is 60.1 Å². The van der Waals surface area contributed by atoms with Gasteiger partial charge in [0.25, 0.3) is 0 Å². The molecule has 1 heterocycles. The SMILES string of the molecule is CC#CC[C@@H](C/C=C\NC(=O)C(NC(=O)\C=C/C=C\C(C)=C\[C@H](C)[C@@H]1CC=C(OC)C(=O)O1)C(C)(C)C)OC(=O)NC. The molecule has 1 aliphatic rings. The smallest absolute Gasteiger partial charge is 0.407 e. The second kappa shape index (κ2) is 18.2. The summed E-state index contributed by atoms with van der Waals surface area (Å²) >= 11 is 0. The van der Waals surface area contributed by atoms with Crippen LogP contribution in [0.3, 0.4) is 0 Å². The Kier molecular flexibility index (Phi) is 15.5. The number of amides is 3. The number of carbonyl (C=O) groups is 4. The summed E-state index contributed by atoms with van der Waals surface area (Å²) in [5.74, 6) is 4.60. The van der Waals surface area contributed by atoms with E-state index in [2.05, 4.69) is 27.8 Å². The van der Waals surface area contributed by atoms with Crippen LogP contribution in [0.5, 0.6) is 0 Å². The molecule has 10 heteroatoms. The Hall–Kier alpha value is -4.26. The summed E-state index contributed by atoms with van der Waals surface area (Å²) < 4.78 is 15.7. The minimum atomic E-state index is -0.805. The molecule has 1 unspecified atom stereocenters. The number of alkyl carbamates (subject to hydrolysis) is 1. The molecule has 4 atom stereocenters. The summed E-state index contributed by atoms with van der Waals surface area (Å²) in [5, 5.41) is 7.86. The molecule has 230 valence electrons. The standard InChI is InChI=1S/C32H45N3O7/c1-9-10-15-24(41-31(39)33-7)16-13-20-34-29(37)28(32(4,5)6)35-27(36)17-12-11-14-22(2)21-23(3)25-18-19-26(40-8)30(38)42-25/h11-14,17,19-21,23-25,28H,15-16,18H2,1-8H3,(H,33,39)(H,34,37)(H,35,36)/b14-11-,17-12-,20-13-,22-21+/t23-,24-,25-,28?/m0/s1. The van der Waals surface area contributed by atoms with Gasteiger partial charge in [-0.25, -0.2) is 9.59 Å². The minimum Gasteiger partial charge on any atom is -0.490 e. The number of cyclic esters (lactones) is 1. The molecule has 3 amide bonds. The fourth-order valence-electron chi connectivity index (χ4n) is 3.88. The maximum Gasteiger partial charge on any atom is 0.407 e. The normalized spacial score (nSPS) is 17.9. The molecule has 0 radical (unpaired) electrons. The van der Waals surface area contributed by atoms with Gasteiger partial charge in [0.15, 0.2) is 5.76 Å². The number of hydrogen-bond donors (Lipinski definition) is 3. The van der Waals surface area contributed by atoms with E-state index in [4.69, 9.17) is 14.2 Å². The number of nitrogens with one attached hydrogen (secondary N) is 3. The summed E-state index contributed by atoms with van der Waals surface area (Å²) in [4.78, 5) is 48.9. The summed E-state index contributed by atoms with van der Waals surface area (Å²) in [6, 6.07) is -0.805. The molecule has 0 saturated heterocycles. The van der Waals surface area contributed by atoms with Crippen molar-refractivity contribution >= 4 is 23.9 Å². The van der Waals surface area contributed by atoms with E-state index in [1.54, 1.807) is 31.2 Å². The first-order valence-corrected chi connectivity index (χ1v) is 13.8. The number of carbonyl (C=O) groups excluding carboxylic acids is 4. The summed E-state index contributed by atoms with van der Waals surface area (Å²) in [6.45, 7) is 11.1. The number of rotatable bonds is 13. The minimum absolute atomic E-state index is 0.0140. The molecule has 0 saturated carbocycles. The molecule has 0 aliphatic carbocycles. The third-order valence-electron chi connectivity index (χ3n) is 6.19. The third-order valence-corrected chi connectivity index (χ3v) is 6.19. The molecular formula is C32H45N3O7. The second-order valence-electron chi connectivity index (χ2n) is 10.8. The van der Waals surface area contributed by atoms with Gasteiger partial charge in [-0.1, -0.05) is 69.6 Å². The van der Waals surface area contributed by atoms with Gasteiger partial charge in [0.05, 0.1) is 7.11 Å². The molecule has 42 heavy (non-hydrogen) atoms. The van der Waals surface area contributed by atoms with Gasteiger partial charge in [0.2, 0.25) is 11.8 Å². The second-order valence-corrected chi connectivity index (χ2v) is 10.8. The van der Waals surface area contributed by atoms with Gasteiger partial charge in [0.1, 0.15) is 18.2 Å². The van der Waals surface area contributed by atoms with E-state index in [0.29, 0.717) is 19.3 Å². The van der Waals surface area contributed by atoms with Crippen molar-refractivity contribution in [1.82, 2.24) is 16.0 Å². The highest BCUT2D eigenvalue weighted by Crippen LogP contribution is 2.23. The van der Waals surface area contributed by atoms with Crippen molar-refractivity contribution in [2.45, 2.75) is 79.1 Å². The molecule has 0 aromatic rings. The average molecular weight is 584 g/mol. The number of methoxy groups -OCH3 is 1. The highest BCUT2D eigenvalue weighted by molar-refractivity contribution is 5.93. The van der Waals surface area contributed by atoms with Gasteiger partial charge in [-0.3, -0.25) is 9.59 Å². The van der Waals surface area contributed by atoms with Crippen LogP contribution in [0.1, 0.15) is 60.8 Å². The van der Waals surface area contributed by atoms with E-state index < -0.39 is 35.5 Å². The van der Waals surface area contributed by atoms with Crippen molar-refractivity contribution in [2.24, 2.45) is 11.3 Å². The van der Waals surface area contributed by atoms with E-state index in [-0.39, 0.29) is 23.7 Å². The predicted octanol–water partition coefficient (Wildman–Crippen LogP) is 4.22. The summed E-state index contributed by atoms with van der Waals surface area (Å²) in [7, 11) is 2.91. The molecule has 0 spiro atoms. The lowest BCUT2D eigenvalue weighted by molar-refractivity contribution is -0.151. The van der Waals surface area contributed by atoms with Crippen LogP contribution in [0, 0.1) is 23.2 Å². The number of allylic oxidation sites excluding steroid dienone is 4. The van der Waals surface area contributed by atoms with Crippen molar-refractivity contribution in [3.8, 4) is 11.8 Å². The zero-order valence-electron chi connectivity index (χ0n) is 25.9. The van der Waals surface area contributed by atoms with Crippen LogP contribution in [0.4, 0.5) is 4.79 Å². The van der Waals surface area contributed by atoms with Crippen LogP contribution in [-0.4, -0.2) is 56.3 Å². The summed E-state index contributed by atoms with van der Waals surface area (Å²) in [6.07, 6.45) is 13.4. The van der Waals surface area contributed by atoms with Gasteiger partial charge in [-0.2, -0.15) is 0 Å². The van der Waals surface area contributed by atoms with E-state index in [0.717, 1.165) is 5.57 Å². The quantitative estimate of drug-likeness (QED) is 0.128. The fraction of sp³-hybridized carbons (Fsp3) is 0.500. The van der Waals surface area contributed by atoms with Crippen molar-refractivity contribution < 1.29 is 33.4 Å².